The van der Waals surface area contributed by atoms with E-state index in [1.54, 1.807) is 18.2 Å². The van der Waals surface area contributed by atoms with E-state index in [1.165, 1.54) is 12.8 Å². The molecule has 1 aliphatic rings. The third-order valence-electron chi connectivity index (χ3n) is 5.98. The van der Waals surface area contributed by atoms with Gasteiger partial charge >= 0.3 is 0 Å². The summed E-state index contributed by atoms with van der Waals surface area (Å²) in [5, 5.41) is 5.94. The number of fused-ring (bicyclic) bond motifs is 1. The number of amides is 2. The molecular weight excluding hydrogens is 416 g/mol. The number of hydrogen-bond acceptors (Lipinski definition) is 4. The smallest absolute Gasteiger partial charge is 0.255 e. The summed E-state index contributed by atoms with van der Waals surface area (Å²) in [4.78, 5) is 30.5. The van der Waals surface area contributed by atoms with Gasteiger partial charge < -0.3 is 19.9 Å². The van der Waals surface area contributed by atoms with Gasteiger partial charge in [0.15, 0.2) is 0 Å². The number of anilines is 1. The van der Waals surface area contributed by atoms with Gasteiger partial charge in [-0.05, 0) is 57.4 Å². The van der Waals surface area contributed by atoms with Crippen LogP contribution in [0.4, 0.5) is 5.69 Å². The number of imidazole rings is 1. The normalized spacial score (nSPS) is 14.2. The fraction of sp³-hybridized carbons (Fsp3) is 0.423. The Morgan fingerprint density at radius 3 is 2.61 bits per heavy atom. The molecule has 2 aromatic carbocycles. The van der Waals surface area contributed by atoms with E-state index in [4.69, 9.17) is 4.74 Å². The summed E-state index contributed by atoms with van der Waals surface area (Å²) >= 11 is 0. The molecule has 4 rings (SSSR count). The number of ether oxygens (including phenoxy) is 1. The van der Waals surface area contributed by atoms with Gasteiger partial charge in [-0.15, -0.1) is 0 Å². The van der Waals surface area contributed by atoms with Gasteiger partial charge in [-0.1, -0.05) is 31.0 Å². The Hall–Kier alpha value is -3.19. The van der Waals surface area contributed by atoms with Gasteiger partial charge in [-0.2, -0.15) is 0 Å². The molecule has 1 saturated carbocycles. The van der Waals surface area contributed by atoms with Gasteiger partial charge in [0.05, 0.1) is 29.0 Å². The van der Waals surface area contributed by atoms with E-state index in [1.807, 2.05) is 44.4 Å². The van der Waals surface area contributed by atoms with Gasteiger partial charge in [-0.25, -0.2) is 4.98 Å². The van der Waals surface area contributed by atoms with E-state index in [0.717, 1.165) is 24.8 Å². The predicted octanol–water partition coefficient (Wildman–Crippen LogP) is 4.95. The van der Waals surface area contributed by atoms with Crippen molar-refractivity contribution in [3.05, 3.63) is 59.9 Å². The van der Waals surface area contributed by atoms with E-state index >= 15 is 0 Å². The number of nitrogens with one attached hydrogen (secondary N) is 2. The van der Waals surface area contributed by atoms with Crippen LogP contribution in [0.3, 0.4) is 0 Å². The predicted molar refractivity (Wildman–Crippen MR) is 130 cm³/mol. The fourth-order valence-electron chi connectivity index (χ4n) is 4.36. The highest BCUT2D eigenvalue weighted by molar-refractivity contribution is 6.09. The third-order valence-corrected chi connectivity index (χ3v) is 5.98. The molecule has 1 aromatic heterocycles. The summed E-state index contributed by atoms with van der Waals surface area (Å²) in [6.07, 6.45) is 7.29. The van der Waals surface area contributed by atoms with Crippen molar-refractivity contribution >= 4 is 28.5 Å². The highest BCUT2D eigenvalue weighted by atomic mass is 16.5. The maximum atomic E-state index is 13.2. The van der Waals surface area contributed by atoms with Crippen molar-refractivity contribution in [2.24, 2.45) is 0 Å². The molecule has 0 radical (unpaired) electrons. The quantitative estimate of drug-likeness (QED) is 0.454. The second-order valence-corrected chi connectivity index (χ2v) is 8.83. The highest BCUT2D eigenvalue weighted by Crippen LogP contribution is 2.34. The van der Waals surface area contributed by atoms with E-state index in [9.17, 15) is 9.59 Å². The minimum Gasteiger partial charge on any atom is -0.379 e. The molecule has 0 unspecified atom stereocenters. The first-order valence-corrected chi connectivity index (χ1v) is 11.8. The maximum Gasteiger partial charge on any atom is 0.255 e. The Morgan fingerprint density at radius 1 is 1.12 bits per heavy atom. The lowest BCUT2D eigenvalue weighted by atomic mass is 10.1. The highest BCUT2D eigenvalue weighted by Gasteiger charge is 2.23. The molecule has 0 bridgehead atoms. The molecule has 33 heavy (non-hydrogen) atoms. The van der Waals surface area contributed by atoms with Crippen LogP contribution in [-0.2, 0) is 4.74 Å². The van der Waals surface area contributed by atoms with Gasteiger partial charge in [0, 0.05) is 30.4 Å². The molecule has 1 heterocycles. The minimum absolute atomic E-state index is 0.167. The molecule has 2 N–H and O–H groups in total. The third kappa shape index (κ3) is 5.60. The first kappa shape index (κ1) is 23.0. The van der Waals surface area contributed by atoms with Crippen molar-refractivity contribution in [2.75, 3.05) is 18.5 Å². The van der Waals surface area contributed by atoms with Crippen LogP contribution >= 0.6 is 0 Å². The van der Waals surface area contributed by atoms with Gasteiger partial charge in [0.25, 0.3) is 11.8 Å². The zero-order valence-corrected chi connectivity index (χ0v) is 19.3. The molecule has 7 heteroatoms. The van der Waals surface area contributed by atoms with E-state index in [-0.39, 0.29) is 17.9 Å². The molecule has 2 amide bonds. The summed E-state index contributed by atoms with van der Waals surface area (Å²) in [7, 11) is 0. The average molecular weight is 449 g/mol. The lowest BCUT2D eigenvalue weighted by molar-refractivity contribution is 0.0757. The number of carbonyl (C=O) groups excluding carboxylic acids is 2. The first-order valence-electron chi connectivity index (χ1n) is 11.8. The van der Waals surface area contributed by atoms with E-state index < -0.39 is 0 Å². The molecule has 174 valence electrons. The van der Waals surface area contributed by atoms with Crippen LogP contribution in [0.15, 0.2) is 48.8 Å². The molecular formula is C26H32N4O3. The Kier molecular flexibility index (Phi) is 7.40. The standard InChI is InChI=1S/C26H32N4O3/c1-18(2)33-14-8-13-27-26(32)22-15-20(29-25(31)19-9-4-3-5-10-19)16-23-24(22)30(17-28-23)21-11-6-7-12-21/h3-5,9-10,15-18,21H,6-8,11-14H2,1-2H3,(H,27,32)(H,29,31). The molecule has 0 saturated heterocycles. The van der Waals surface area contributed by atoms with Crippen LogP contribution < -0.4 is 10.6 Å². The number of nitrogens with zero attached hydrogens (tertiary/aromatic N) is 2. The average Bonchev–Trinajstić information content (AvgIpc) is 3.48. The monoisotopic (exact) mass is 448 g/mol. The molecule has 7 nitrogen and oxygen atoms in total. The number of rotatable bonds is 9. The molecule has 0 atom stereocenters. The van der Waals surface area contributed by atoms with Gasteiger partial charge in [-0.3, -0.25) is 9.59 Å². The molecule has 0 aliphatic heterocycles. The van der Waals surface area contributed by atoms with E-state index in [2.05, 4.69) is 20.2 Å². The topological polar surface area (TPSA) is 85.2 Å². The second kappa shape index (κ2) is 10.6. The summed E-state index contributed by atoms with van der Waals surface area (Å²) in [5.74, 6) is -0.387. The zero-order chi connectivity index (χ0) is 23.2. The number of carbonyl (C=O) groups is 2. The largest absolute Gasteiger partial charge is 0.379 e. The number of hydrogen-bond donors (Lipinski definition) is 2. The summed E-state index contributed by atoms with van der Waals surface area (Å²) in [6, 6.07) is 13.0. The summed E-state index contributed by atoms with van der Waals surface area (Å²) in [6.45, 7) is 5.11. The molecule has 0 spiro atoms. The Labute approximate surface area is 194 Å². The summed E-state index contributed by atoms with van der Waals surface area (Å²) in [5.41, 5.74) is 3.19. The van der Waals surface area contributed by atoms with Crippen LogP contribution in [0.5, 0.6) is 0 Å². The van der Waals surface area contributed by atoms with Crippen molar-refractivity contribution in [1.29, 1.82) is 0 Å². The molecule has 1 fully saturated rings. The minimum atomic E-state index is -0.220. The second-order valence-electron chi connectivity index (χ2n) is 8.83. The SMILES string of the molecule is CC(C)OCCCNC(=O)c1cc(NC(=O)c2ccccc2)cc2ncn(C3CCCC3)c12. The van der Waals surface area contributed by atoms with Gasteiger partial charge in [0.1, 0.15) is 0 Å². The van der Waals surface area contributed by atoms with Crippen LogP contribution in [0.1, 0.15) is 72.7 Å². The summed E-state index contributed by atoms with van der Waals surface area (Å²) < 4.78 is 7.71. The fourth-order valence-corrected chi connectivity index (χ4v) is 4.36. The van der Waals surface area contributed by atoms with E-state index in [0.29, 0.717) is 41.5 Å². The van der Waals surface area contributed by atoms with Crippen molar-refractivity contribution in [3.8, 4) is 0 Å². The molecule has 3 aromatic rings. The number of aromatic nitrogens is 2. The van der Waals surface area contributed by atoms with Gasteiger partial charge in [0.2, 0.25) is 0 Å². The zero-order valence-electron chi connectivity index (χ0n) is 19.3. The Bertz CT molecular complexity index is 1100. The van der Waals surface area contributed by atoms with Crippen LogP contribution in [0, 0.1) is 0 Å². The van der Waals surface area contributed by atoms with Crippen LogP contribution in [0.25, 0.3) is 11.0 Å². The maximum absolute atomic E-state index is 13.2. The lowest BCUT2D eigenvalue weighted by Crippen LogP contribution is -2.26. The lowest BCUT2D eigenvalue weighted by Gasteiger charge is -2.16. The molecule has 1 aliphatic carbocycles. The van der Waals surface area contributed by atoms with Crippen molar-refractivity contribution in [2.45, 2.75) is 58.1 Å². The van der Waals surface area contributed by atoms with Crippen molar-refractivity contribution in [3.63, 3.8) is 0 Å². The van der Waals surface area contributed by atoms with Crippen LogP contribution in [-0.4, -0.2) is 40.6 Å². The Morgan fingerprint density at radius 2 is 1.88 bits per heavy atom. The van der Waals surface area contributed by atoms with Crippen LogP contribution in [0.2, 0.25) is 0 Å². The number of benzene rings is 2. The van der Waals surface area contributed by atoms with Crippen molar-refractivity contribution < 1.29 is 14.3 Å². The first-order chi connectivity index (χ1) is 16.0. The van der Waals surface area contributed by atoms with Crippen molar-refractivity contribution in [1.82, 2.24) is 14.9 Å². The Balaban J connectivity index is 1.60.